The normalized spacial score (nSPS) is 12.0. The molecular weight excluding hydrogens is 409 g/mol. The summed E-state index contributed by atoms with van der Waals surface area (Å²) in [5.41, 5.74) is 0.776. The van der Waals surface area contributed by atoms with Crippen LogP contribution >= 0.6 is 0 Å². The van der Waals surface area contributed by atoms with E-state index in [0.29, 0.717) is 6.07 Å². The molecule has 0 amide bonds. The third kappa shape index (κ3) is 3.93. The maximum atomic E-state index is 13.0. The third-order valence-electron chi connectivity index (χ3n) is 4.15. The van der Waals surface area contributed by atoms with Crippen molar-refractivity contribution in [3.05, 3.63) is 64.2 Å². The Morgan fingerprint density at radius 3 is 2.55 bits per heavy atom. The van der Waals surface area contributed by atoms with Gasteiger partial charge in [-0.05, 0) is 36.4 Å². The van der Waals surface area contributed by atoms with E-state index in [-0.39, 0.29) is 32.8 Å². The van der Waals surface area contributed by atoms with Gasteiger partial charge in [0.1, 0.15) is 6.33 Å². The Bertz CT molecular complexity index is 1310. The number of benzene rings is 2. The van der Waals surface area contributed by atoms with Crippen molar-refractivity contribution in [1.29, 1.82) is 5.26 Å². The Balaban J connectivity index is 2.17. The molecule has 0 fully saturated rings. The monoisotopic (exact) mass is 422 g/mol. The first-order valence-corrected chi connectivity index (χ1v) is 9.84. The van der Waals surface area contributed by atoms with Crippen LogP contribution in [0, 0.1) is 11.3 Å². The first kappa shape index (κ1) is 20.3. The maximum Gasteiger partial charge on any atom is 0.416 e. The summed E-state index contributed by atoms with van der Waals surface area (Å²) in [7, 11) is -3.71. The zero-order chi connectivity index (χ0) is 21.4. The van der Waals surface area contributed by atoms with Crippen molar-refractivity contribution < 1.29 is 21.6 Å². The summed E-state index contributed by atoms with van der Waals surface area (Å²) in [5, 5.41) is 8.77. The number of halogens is 3. The highest BCUT2D eigenvalue weighted by molar-refractivity contribution is 7.91. The number of nitriles is 1. The molecule has 150 valence electrons. The smallest absolute Gasteiger partial charge is 0.289 e. The lowest BCUT2D eigenvalue weighted by Gasteiger charge is -2.14. The lowest BCUT2D eigenvalue weighted by atomic mass is 10.1. The summed E-state index contributed by atoms with van der Waals surface area (Å²) in [6.07, 6.45) is -3.61. The van der Waals surface area contributed by atoms with Crippen molar-refractivity contribution in [2.24, 2.45) is 0 Å². The summed E-state index contributed by atoms with van der Waals surface area (Å²) in [4.78, 5) is 16.5. The van der Waals surface area contributed by atoms with Crippen molar-refractivity contribution in [2.75, 3.05) is 11.2 Å². The Morgan fingerprint density at radius 1 is 1.21 bits per heavy atom. The van der Waals surface area contributed by atoms with Gasteiger partial charge in [0.05, 0.1) is 44.4 Å². The van der Waals surface area contributed by atoms with Crippen LogP contribution < -0.4 is 11.0 Å². The van der Waals surface area contributed by atoms with Gasteiger partial charge in [0.2, 0.25) is 0 Å². The number of sulfone groups is 1. The highest BCUT2D eigenvalue weighted by Gasteiger charge is 2.31. The standard InChI is InChI=1S/C18H13F3N4O3S/c1-2-29(27,28)16-6-3-11(9-22)7-15(16)24-25-10-23-14-5-4-12(18(19,20)21)8-13(14)17(25)26/h3-8,10,24H,2H2,1H3. The average Bonchev–Trinajstić information content (AvgIpc) is 2.69. The molecule has 11 heteroatoms. The van der Waals surface area contributed by atoms with E-state index >= 15 is 0 Å². The van der Waals surface area contributed by atoms with E-state index in [9.17, 15) is 26.4 Å². The number of nitrogens with one attached hydrogen (secondary N) is 1. The molecule has 3 aromatic rings. The average molecular weight is 422 g/mol. The molecule has 0 unspecified atom stereocenters. The Hall–Kier alpha value is -3.39. The number of hydrogen-bond donors (Lipinski definition) is 1. The van der Waals surface area contributed by atoms with Crippen LogP contribution in [0.15, 0.2) is 52.4 Å². The first-order valence-electron chi connectivity index (χ1n) is 8.19. The van der Waals surface area contributed by atoms with Gasteiger partial charge >= 0.3 is 6.18 Å². The summed E-state index contributed by atoms with van der Waals surface area (Å²) in [6, 6.07) is 8.19. The molecule has 29 heavy (non-hydrogen) atoms. The number of hydrogen-bond acceptors (Lipinski definition) is 6. The van der Waals surface area contributed by atoms with Gasteiger partial charge in [-0.1, -0.05) is 6.92 Å². The zero-order valence-corrected chi connectivity index (χ0v) is 15.7. The predicted octanol–water partition coefficient (Wildman–Crippen LogP) is 2.96. The van der Waals surface area contributed by atoms with E-state index in [1.165, 1.54) is 25.1 Å². The predicted molar refractivity (Wildman–Crippen MR) is 98.9 cm³/mol. The molecule has 0 aliphatic rings. The molecule has 0 aliphatic heterocycles. The molecule has 0 saturated carbocycles. The summed E-state index contributed by atoms with van der Waals surface area (Å²) < 4.78 is 64.3. The topological polar surface area (TPSA) is 105 Å². The SMILES string of the molecule is CCS(=O)(=O)c1ccc(C#N)cc1Nn1cnc2ccc(C(F)(F)F)cc2c1=O. The first-order chi connectivity index (χ1) is 13.6. The Morgan fingerprint density at radius 2 is 1.93 bits per heavy atom. The molecule has 0 aliphatic carbocycles. The minimum Gasteiger partial charge on any atom is -0.289 e. The summed E-state index contributed by atoms with van der Waals surface area (Å²) in [5.74, 6) is -0.229. The van der Waals surface area contributed by atoms with E-state index in [0.717, 1.165) is 23.1 Å². The van der Waals surface area contributed by atoms with Crippen LogP contribution in [-0.4, -0.2) is 23.8 Å². The van der Waals surface area contributed by atoms with Gasteiger partial charge in [-0.2, -0.15) is 18.4 Å². The van der Waals surface area contributed by atoms with Crippen LogP contribution in [0.2, 0.25) is 0 Å². The van der Waals surface area contributed by atoms with Crippen molar-refractivity contribution in [3.63, 3.8) is 0 Å². The van der Waals surface area contributed by atoms with Crippen molar-refractivity contribution in [1.82, 2.24) is 9.66 Å². The Labute approximate surface area is 162 Å². The van der Waals surface area contributed by atoms with E-state index in [1.807, 2.05) is 6.07 Å². The van der Waals surface area contributed by atoms with Gasteiger partial charge in [-0.3, -0.25) is 10.2 Å². The fourth-order valence-electron chi connectivity index (χ4n) is 2.62. The number of rotatable bonds is 4. The molecule has 0 bridgehead atoms. The van der Waals surface area contributed by atoms with E-state index in [4.69, 9.17) is 5.26 Å². The molecule has 3 rings (SSSR count). The second kappa shape index (κ2) is 7.21. The third-order valence-corrected chi connectivity index (χ3v) is 5.94. The molecule has 0 atom stereocenters. The van der Waals surface area contributed by atoms with E-state index in [1.54, 1.807) is 0 Å². The van der Waals surface area contributed by atoms with Gasteiger partial charge < -0.3 is 0 Å². The van der Waals surface area contributed by atoms with Crippen LogP contribution in [0.5, 0.6) is 0 Å². The fraction of sp³-hybridized carbons (Fsp3) is 0.167. The van der Waals surface area contributed by atoms with Crippen molar-refractivity contribution >= 4 is 26.4 Å². The molecule has 1 heterocycles. The molecule has 1 aromatic heterocycles. The molecule has 7 nitrogen and oxygen atoms in total. The zero-order valence-electron chi connectivity index (χ0n) is 14.9. The number of anilines is 1. The minimum absolute atomic E-state index is 0.0493. The largest absolute Gasteiger partial charge is 0.416 e. The van der Waals surface area contributed by atoms with Gasteiger partial charge in [0.25, 0.3) is 5.56 Å². The van der Waals surface area contributed by atoms with Crippen LogP contribution in [0.4, 0.5) is 18.9 Å². The molecule has 0 spiro atoms. The minimum atomic E-state index is -4.64. The lowest BCUT2D eigenvalue weighted by Crippen LogP contribution is -2.27. The van der Waals surface area contributed by atoms with Crippen LogP contribution in [-0.2, 0) is 16.0 Å². The Kier molecular flexibility index (Phi) is 5.06. The highest BCUT2D eigenvalue weighted by atomic mass is 32.2. The molecular formula is C18H13F3N4O3S. The number of aromatic nitrogens is 2. The van der Waals surface area contributed by atoms with Gasteiger partial charge in [0.15, 0.2) is 9.84 Å². The van der Waals surface area contributed by atoms with Crippen molar-refractivity contribution in [3.8, 4) is 6.07 Å². The van der Waals surface area contributed by atoms with Crippen LogP contribution in [0.25, 0.3) is 10.9 Å². The van der Waals surface area contributed by atoms with E-state index < -0.39 is 27.1 Å². The fourth-order valence-corrected chi connectivity index (χ4v) is 3.65. The number of fused-ring (bicyclic) bond motifs is 1. The van der Waals surface area contributed by atoms with Gasteiger partial charge in [-0.15, -0.1) is 0 Å². The molecule has 1 N–H and O–H groups in total. The maximum absolute atomic E-state index is 13.0. The van der Waals surface area contributed by atoms with Crippen LogP contribution in [0.3, 0.4) is 0 Å². The number of alkyl halides is 3. The molecule has 2 aromatic carbocycles. The summed E-state index contributed by atoms with van der Waals surface area (Å²) in [6.45, 7) is 1.43. The van der Waals surface area contributed by atoms with Crippen molar-refractivity contribution in [2.45, 2.75) is 18.0 Å². The van der Waals surface area contributed by atoms with Gasteiger partial charge in [0, 0.05) is 0 Å². The second-order valence-electron chi connectivity index (χ2n) is 5.99. The quantitative estimate of drug-likeness (QED) is 0.693. The summed E-state index contributed by atoms with van der Waals surface area (Å²) >= 11 is 0. The van der Waals surface area contributed by atoms with Crippen LogP contribution in [0.1, 0.15) is 18.1 Å². The lowest BCUT2D eigenvalue weighted by molar-refractivity contribution is -0.137. The molecule has 0 saturated heterocycles. The van der Waals surface area contributed by atoms with Gasteiger partial charge in [-0.25, -0.2) is 18.1 Å². The second-order valence-corrected chi connectivity index (χ2v) is 8.23. The van der Waals surface area contributed by atoms with E-state index in [2.05, 4.69) is 10.4 Å². The number of nitrogens with zero attached hydrogens (tertiary/aromatic N) is 3. The highest BCUT2D eigenvalue weighted by Crippen LogP contribution is 2.30. The molecule has 0 radical (unpaired) electrons.